The molecule has 8 heteroatoms. The molecule has 0 spiro atoms. The number of aliphatic hydroxyl groups excluding tert-OH is 1. The zero-order chi connectivity index (χ0) is 17.4. The third kappa shape index (κ3) is 3.21. The molecule has 7 nitrogen and oxygen atoms in total. The van der Waals surface area contributed by atoms with Gasteiger partial charge in [-0.3, -0.25) is 4.98 Å². The van der Waals surface area contributed by atoms with Gasteiger partial charge < -0.3 is 20.2 Å². The molecule has 2 fully saturated rings. The van der Waals surface area contributed by atoms with Crippen molar-refractivity contribution in [3.63, 3.8) is 0 Å². The average Bonchev–Trinajstić information content (AvgIpc) is 3.23. The predicted molar refractivity (Wildman–Crippen MR) is 92.5 cm³/mol. The number of pyridine rings is 2. The summed E-state index contributed by atoms with van der Waals surface area (Å²) in [7, 11) is 0. The first-order valence-electron chi connectivity index (χ1n) is 8.49. The number of carbonyl (C=O) groups is 1. The van der Waals surface area contributed by atoms with Crippen molar-refractivity contribution in [2.45, 2.75) is 25.1 Å². The van der Waals surface area contributed by atoms with Crippen molar-refractivity contribution >= 4 is 28.6 Å². The Bertz CT molecular complexity index is 802. The predicted octanol–water partition coefficient (Wildman–Crippen LogP) is 1.78. The van der Waals surface area contributed by atoms with Crippen LogP contribution in [0.1, 0.15) is 12.8 Å². The average molecular weight is 345 g/mol. The quantitative estimate of drug-likeness (QED) is 0.867. The first-order valence-corrected chi connectivity index (χ1v) is 8.49. The maximum absolute atomic E-state index is 13.5. The Balaban J connectivity index is 1.60. The van der Waals surface area contributed by atoms with Gasteiger partial charge in [0.1, 0.15) is 17.5 Å². The van der Waals surface area contributed by atoms with Crippen molar-refractivity contribution in [1.82, 2.24) is 14.9 Å². The van der Waals surface area contributed by atoms with E-state index in [0.717, 1.165) is 0 Å². The van der Waals surface area contributed by atoms with Crippen molar-refractivity contribution in [3.8, 4) is 0 Å². The highest BCUT2D eigenvalue weighted by Crippen LogP contribution is 2.26. The summed E-state index contributed by atoms with van der Waals surface area (Å²) in [6.07, 6.45) is 1.42. The second-order valence-electron chi connectivity index (χ2n) is 6.55. The van der Waals surface area contributed by atoms with Crippen LogP contribution >= 0.6 is 0 Å². The Kier molecular flexibility index (Phi) is 4.12. The Labute approximate surface area is 144 Å². The summed E-state index contributed by atoms with van der Waals surface area (Å²) in [5.41, 5.74) is 1.81. The van der Waals surface area contributed by atoms with Gasteiger partial charge in [0, 0.05) is 25.8 Å². The molecule has 132 valence electrons. The van der Waals surface area contributed by atoms with Crippen LogP contribution in [0.3, 0.4) is 0 Å². The lowest BCUT2D eigenvalue weighted by Gasteiger charge is -2.19. The second kappa shape index (κ2) is 6.44. The highest BCUT2D eigenvalue weighted by molar-refractivity contribution is 5.98. The number of fused-ring (bicyclic) bond motifs is 1. The molecular weight excluding hydrogens is 325 g/mol. The molecule has 2 aromatic rings. The van der Waals surface area contributed by atoms with E-state index in [1.807, 2.05) is 17.0 Å². The molecule has 4 rings (SSSR count). The van der Waals surface area contributed by atoms with Crippen LogP contribution < -0.4 is 10.2 Å². The van der Waals surface area contributed by atoms with E-state index in [-0.39, 0.29) is 6.03 Å². The molecule has 4 heterocycles. The van der Waals surface area contributed by atoms with Gasteiger partial charge in [0.25, 0.3) is 0 Å². The minimum absolute atomic E-state index is 0.263. The highest BCUT2D eigenvalue weighted by Gasteiger charge is 2.26. The van der Waals surface area contributed by atoms with Gasteiger partial charge in [0.05, 0.1) is 23.9 Å². The van der Waals surface area contributed by atoms with Crippen molar-refractivity contribution in [2.75, 3.05) is 36.4 Å². The maximum Gasteiger partial charge on any atom is 0.321 e. The van der Waals surface area contributed by atoms with E-state index in [1.54, 1.807) is 17.2 Å². The fourth-order valence-corrected chi connectivity index (χ4v) is 3.34. The zero-order valence-electron chi connectivity index (χ0n) is 13.7. The van der Waals surface area contributed by atoms with Gasteiger partial charge >= 0.3 is 6.03 Å². The van der Waals surface area contributed by atoms with E-state index < -0.39 is 12.3 Å². The summed E-state index contributed by atoms with van der Waals surface area (Å²) in [5, 5.41) is 12.4. The normalized spacial score (nSPS) is 23.4. The Morgan fingerprint density at radius 1 is 1.24 bits per heavy atom. The molecule has 2 aliphatic heterocycles. The zero-order valence-corrected chi connectivity index (χ0v) is 13.7. The van der Waals surface area contributed by atoms with E-state index in [9.17, 15) is 14.3 Å². The van der Waals surface area contributed by atoms with Crippen molar-refractivity contribution in [3.05, 3.63) is 24.4 Å². The van der Waals surface area contributed by atoms with Gasteiger partial charge in [-0.25, -0.2) is 14.2 Å². The van der Waals surface area contributed by atoms with Crippen LogP contribution in [0.4, 0.5) is 20.7 Å². The van der Waals surface area contributed by atoms with Crippen LogP contribution in [-0.2, 0) is 0 Å². The van der Waals surface area contributed by atoms with E-state index in [2.05, 4.69) is 15.3 Å². The second-order valence-corrected chi connectivity index (χ2v) is 6.55. The number of carbonyl (C=O) groups excluding carboxylic acids is 1. The number of likely N-dealkylation sites (tertiary alicyclic amines) is 1. The van der Waals surface area contributed by atoms with E-state index in [4.69, 9.17) is 0 Å². The fraction of sp³-hybridized carbons (Fsp3) is 0.471. The maximum atomic E-state index is 13.5. The number of hydrogen-bond acceptors (Lipinski definition) is 5. The van der Waals surface area contributed by atoms with Crippen LogP contribution in [-0.4, -0.2) is 64.5 Å². The molecule has 0 bridgehead atoms. The number of aliphatic hydroxyl groups is 1. The van der Waals surface area contributed by atoms with E-state index in [0.29, 0.717) is 61.6 Å². The highest BCUT2D eigenvalue weighted by atomic mass is 19.1. The minimum atomic E-state index is -0.827. The molecule has 25 heavy (non-hydrogen) atoms. The van der Waals surface area contributed by atoms with Gasteiger partial charge in [-0.2, -0.15) is 0 Å². The summed E-state index contributed by atoms with van der Waals surface area (Å²) in [6.45, 7) is 1.83. The number of anilines is 2. The summed E-state index contributed by atoms with van der Waals surface area (Å²) in [4.78, 5) is 24.7. The van der Waals surface area contributed by atoms with Crippen LogP contribution in [0, 0.1) is 0 Å². The van der Waals surface area contributed by atoms with Crippen LogP contribution in [0.5, 0.6) is 0 Å². The molecule has 2 saturated heterocycles. The number of aromatic nitrogens is 2. The van der Waals surface area contributed by atoms with Crippen LogP contribution in [0.15, 0.2) is 24.4 Å². The van der Waals surface area contributed by atoms with E-state index in [1.165, 1.54) is 0 Å². The van der Waals surface area contributed by atoms with Gasteiger partial charge in [-0.15, -0.1) is 0 Å². The molecule has 0 aliphatic carbocycles. The first-order chi connectivity index (χ1) is 12.1. The SMILES string of the molecule is O=C(Nc1ccnc2ccc(N3CCC(F)C3)nc12)N1CC[C@H](O)C1. The first kappa shape index (κ1) is 16.0. The lowest BCUT2D eigenvalue weighted by molar-refractivity contribution is 0.176. The Hall–Kier alpha value is -2.48. The Morgan fingerprint density at radius 3 is 2.84 bits per heavy atom. The number of hydrogen-bond donors (Lipinski definition) is 2. The summed E-state index contributed by atoms with van der Waals surface area (Å²) in [6, 6.07) is 5.10. The number of nitrogens with one attached hydrogen (secondary N) is 1. The van der Waals surface area contributed by atoms with Gasteiger partial charge in [0.15, 0.2) is 0 Å². The van der Waals surface area contributed by atoms with Crippen molar-refractivity contribution in [1.29, 1.82) is 0 Å². The minimum Gasteiger partial charge on any atom is -0.391 e. The molecule has 2 atom stereocenters. The van der Waals surface area contributed by atoms with Gasteiger partial charge in [0.2, 0.25) is 0 Å². The molecule has 0 saturated carbocycles. The number of nitrogens with zero attached hydrogens (tertiary/aromatic N) is 4. The molecule has 2 N–H and O–H groups in total. The standard InChI is InChI=1S/C17H20FN5O2/c18-11-4-7-22(9-11)15-2-1-13-16(21-15)14(3-6-19-13)20-17(25)23-8-5-12(24)10-23/h1-3,6,11-12,24H,4-5,7-10H2,(H,19,20,25)/t11?,12-/m0/s1. The van der Waals surface area contributed by atoms with Crippen LogP contribution in [0.2, 0.25) is 0 Å². The number of β-amino-alcohol motifs (C(OH)–C–C–N with tert-alkyl or cyclic N) is 1. The number of rotatable bonds is 2. The van der Waals surface area contributed by atoms with Crippen molar-refractivity contribution < 1.29 is 14.3 Å². The summed E-state index contributed by atoms with van der Waals surface area (Å²) >= 11 is 0. The summed E-state index contributed by atoms with van der Waals surface area (Å²) in [5.74, 6) is 0.688. The molecule has 2 aliphatic rings. The number of amides is 2. The number of halogens is 1. The molecular formula is C17H20FN5O2. The van der Waals surface area contributed by atoms with Crippen LogP contribution in [0.25, 0.3) is 11.0 Å². The third-order valence-electron chi connectivity index (χ3n) is 4.72. The Morgan fingerprint density at radius 2 is 2.12 bits per heavy atom. The number of alkyl halides is 1. The lowest BCUT2D eigenvalue weighted by atomic mass is 10.2. The summed E-state index contributed by atoms with van der Waals surface area (Å²) < 4.78 is 13.5. The molecule has 0 aromatic carbocycles. The monoisotopic (exact) mass is 345 g/mol. The molecule has 1 unspecified atom stereocenters. The van der Waals surface area contributed by atoms with Crippen molar-refractivity contribution in [2.24, 2.45) is 0 Å². The molecule has 2 aromatic heterocycles. The molecule has 2 amide bonds. The lowest BCUT2D eigenvalue weighted by Crippen LogP contribution is -2.33. The van der Waals surface area contributed by atoms with Gasteiger partial charge in [-0.05, 0) is 31.0 Å². The number of urea groups is 1. The van der Waals surface area contributed by atoms with Gasteiger partial charge in [-0.1, -0.05) is 0 Å². The smallest absolute Gasteiger partial charge is 0.321 e. The third-order valence-corrected chi connectivity index (χ3v) is 4.72. The van der Waals surface area contributed by atoms with E-state index >= 15 is 0 Å². The molecule has 0 radical (unpaired) electrons. The largest absolute Gasteiger partial charge is 0.391 e. The fourth-order valence-electron chi connectivity index (χ4n) is 3.34. The topological polar surface area (TPSA) is 81.6 Å².